The predicted molar refractivity (Wildman–Crippen MR) is 44.6 cm³/mol. The Labute approximate surface area is 66.2 Å². The minimum absolute atomic E-state index is 0.373. The molecule has 0 saturated heterocycles. The lowest BCUT2D eigenvalue weighted by Gasteiger charge is -2.05. The van der Waals surface area contributed by atoms with E-state index in [0.717, 1.165) is 0 Å². The van der Waals surface area contributed by atoms with Gasteiger partial charge in [-0.05, 0) is 13.8 Å². The summed E-state index contributed by atoms with van der Waals surface area (Å²) in [7, 11) is 1.59. The van der Waals surface area contributed by atoms with Crippen molar-refractivity contribution in [1.29, 1.82) is 0 Å². The molecule has 0 heterocycles. The lowest BCUT2D eigenvalue weighted by Crippen LogP contribution is -2.10. The number of rotatable bonds is 2. The Morgan fingerprint density at radius 3 is 2.30 bits per heavy atom. The molecule has 0 amide bonds. The van der Waals surface area contributed by atoms with Gasteiger partial charge < -0.3 is 5.11 Å². The molecule has 1 unspecified atom stereocenters. The first kappa shape index (κ1) is 9.66. The summed E-state index contributed by atoms with van der Waals surface area (Å²) < 4.78 is 0. The highest BCUT2D eigenvalue weighted by Crippen LogP contribution is 2.07. The minimum Gasteiger partial charge on any atom is -0.389 e. The van der Waals surface area contributed by atoms with Crippen molar-refractivity contribution in [2.75, 3.05) is 7.05 Å². The van der Waals surface area contributed by atoms with Gasteiger partial charge in [-0.1, -0.05) is 17.7 Å². The molecule has 0 aliphatic heterocycles. The van der Waals surface area contributed by atoms with Crippen LogP contribution in [0.15, 0.2) is 16.6 Å². The van der Waals surface area contributed by atoms with Crippen LogP contribution in [0, 0.1) is 0 Å². The first-order valence-electron chi connectivity index (χ1n) is 3.10. The quantitative estimate of drug-likeness (QED) is 0.613. The van der Waals surface area contributed by atoms with Crippen molar-refractivity contribution in [3.8, 4) is 0 Å². The van der Waals surface area contributed by atoms with Crippen LogP contribution in [-0.4, -0.2) is 23.4 Å². The van der Waals surface area contributed by atoms with Crippen LogP contribution in [0.1, 0.15) is 13.8 Å². The molecular formula is C7H12ClNO. The Balaban J connectivity index is 4.39. The molecule has 10 heavy (non-hydrogen) atoms. The lowest BCUT2D eigenvalue weighted by molar-refractivity contribution is 0.238. The molecular weight excluding hydrogens is 150 g/mol. The van der Waals surface area contributed by atoms with Crippen molar-refractivity contribution in [1.82, 2.24) is 0 Å². The SMILES string of the molecule is CC=C(C(Cl)=NC)C(C)O. The van der Waals surface area contributed by atoms with Crippen molar-refractivity contribution in [3.63, 3.8) is 0 Å². The Hall–Kier alpha value is -0.340. The number of allylic oxidation sites excluding steroid dienone is 1. The van der Waals surface area contributed by atoms with Crippen LogP contribution in [0.3, 0.4) is 0 Å². The highest BCUT2D eigenvalue weighted by atomic mass is 35.5. The number of nitrogens with zero attached hydrogens (tertiary/aromatic N) is 1. The van der Waals surface area contributed by atoms with E-state index in [-0.39, 0.29) is 0 Å². The molecule has 0 aromatic rings. The molecule has 0 radical (unpaired) electrons. The second-order valence-corrected chi connectivity index (χ2v) is 2.29. The highest BCUT2D eigenvalue weighted by molar-refractivity contribution is 6.69. The monoisotopic (exact) mass is 161 g/mol. The van der Waals surface area contributed by atoms with Crippen LogP contribution in [0.25, 0.3) is 0 Å². The van der Waals surface area contributed by atoms with Crippen molar-refractivity contribution in [2.24, 2.45) is 4.99 Å². The molecule has 0 aliphatic rings. The van der Waals surface area contributed by atoms with Crippen molar-refractivity contribution < 1.29 is 5.11 Å². The summed E-state index contributed by atoms with van der Waals surface area (Å²) in [4.78, 5) is 3.73. The van der Waals surface area contributed by atoms with E-state index in [2.05, 4.69) is 4.99 Å². The Kier molecular flexibility index (Phi) is 4.32. The Morgan fingerprint density at radius 1 is 1.70 bits per heavy atom. The normalized spacial score (nSPS) is 17.3. The molecule has 0 aromatic carbocycles. The zero-order chi connectivity index (χ0) is 8.15. The Morgan fingerprint density at radius 2 is 2.20 bits per heavy atom. The largest absolute Gasteiger partial charge is 0.389 e. The fourth-order valence-electron chi connectivity index (χ4n) is 0.662. The van der Waals surface area contributed by atoms with Gasteiger partial charge in [-0.25, -0.2) is 0 Å². The topological polar surface area (TPSA) is 32.6 Å². The third-order valence-corrected chi connectivity index (χ3v) is 1.58. The average molecular weight is 162 g/mol. The highest BCUT2D eigenvalue weighted by Gasteiger charge is 2.07. The van der Waals surface area contributed by atoms with Crippen LogP contribution in [0.4, 0.5) is 0 Å². The second kappa shape index (κ2) is 4.47. The average Bonchev–Trinajstić information content (AvgIpc) is 1.88. The fourth-order valence-corrected chi connectivity index (χ4v) is 0.929. The molecule has 1 N–H and O–H groups in total. The first-order chi connectivity index (χ1) is 4.63. The van der Waals surface area contributed by atoms with Crippen LogP contribution < -0.4 is 0 Å². The Bertz CT molecular complexity index is 161. The van der Waals surface area contributed by atoms with Crippen LogP contribution in [0.2, 0.25) is 0 Å². The van der Waals surface area contributed by atoms with E-state index < -0.39 is 6.10 Å². The van der Waals surface area contributed by atoms with Gasteiger partial charge in [0.25, 0.3) is 0 Å². The van der Waals surface area contributed by atoms with E-state index in [1.54, 1.807) is 20.0 Å². The molecule has 58 valence electrons. The molecule has 0 aliphatic carbocycles. The van der Waals surface area contributed by atoms with Gasteiger partial charge in [-0.2, -0.15) is 0 Å². The maximum absolute atomic E-state index is 9.08. The number of aliphatic hydroxyl groups excluding tert-OH is 1. The number of hydrogen-bond donors (Lipinski definition) is 1. The summed E-state index contributed by atoms with van der Waals surface area (Å²) in [5.74, 6) is 0. The molecule has 2 nitrogen and oxygen atoms in total. The molecule has 0 aromatic heterocycles. The van der Waals surface area contributed by atoms with Gasteiger partial charge in [-0.15, -0.1) is 0 Å². The molecule has 0 spiro atoms. The van der Waals surface area contributed by atoms with Gasteiger partial charge >= 0.3 is 0 Å². The summed E-state index contributed by atoms with van der Waals surface area (Å²) in [6.45, 7) is 3.47. The van der Waals surface area contributed by atoms with Gasteiger partial charge in [0.2, 0.25) is 0 Å². The summed E-state index contributed by atoms with van der Waals surface area (Å²) in [6.07, 6.45) is 1.21. The number of hydrogen-bond acceptors (Lipinski definition) is 2. The minimum atomic E-state index is -0.541. The van der Waals surface area contributed by atoms with E-state index in [4.69, 9.17) is 16.7 Å². The second-order valence-electron chi connectivity index (χ2n) is 1.93. The van der Waals surface area contributed by atoms with Crippen LogP contribution >= 0.6 is 11.6 Å². The zero-order valence-corrected chi connectivity index (χ0v) is 7.18. The fraction of sp³-hybridized carbons (Fsp3) is 0.571. The van der Waals surface area contributed by atoms with Crippen LogP contribution in [-0.2, 0) is 0 Å². The predicted octanol–water partition coefficient (Wildman–Crippen LogP) is 1.58. The molecule has 3 heteroatoms. The van der Waals surface area contributed by atoms with E-state index in [9.17, 15) is 0 Å². The summed E-state index contributed by atoms with van der Waals surface area (Å²) >= 11 is 5.65. The van der Waals surface area contributed by atoms with E-state index in [1.807, 2.05) is 6.92 Å². The van der Waals surface area contributed by atoms with Crippen LogP contribution in [0.5, 0.6) is 0 Å². The first-order valence-corrected chi connectivity index (χ1v) is 3.48. The van der Waals surface area contributed by atoms with Crippen molar-refractivity contribution in [2.45, 2.75) is 20.0 Å². The summed E-state index contributed by atoms with van der Waals surface area (Å²) in [5.41, 5.74) is 0.671. The molecule has 0 saturated carbocycles. The maximum atomic E-state index is 9.08. The van der Waals surface area contributed by atoms with Gasteiger partial charge in [0.05, 0.1) is 6.10 Å². The van der Waals surface area contributed by atoms with E-state index in [1.165, 1.54) is 0 Å². The van der Waals surface area contributed by atoms with Crippen molar-refractivity contribution >= 4 is 16.8 Å². The zero-order valence-electron chi connectivity index (χ0n) is 6.43. The molecule has 0 bridgehead atoms. The van der Waals surface area contributed by atoms with Gasteiger partial charge in [-0.3, -0.25) is 4.99 Å². The molecule has 1 atom stereocenters. The van der Waals surface area contributed by atoms with Gasteiger partial charge in [0.15, 0.2) is 0 Å². The lowest BCUT2D eigenvalue weighted by atomic mass is 10.2. The van der Waals surface area contributed by atoms with E-state index >= 15 is 0 Å². The third kappa shape index (κ3) is 2.50. The van der Waals surface area contributed by atoms with Crippen molar-refractivity contribution in [3.05, 3.63) is 11.6 Å². The van der Waals surface area contributed by atoms with E-state index in [0.29, 0.717) is 10.7 Å². The van der Waals surface area contributed by atoms with Gasteiger partial charge in [0, 0.05) is 12.6 Å². The standard InChI is InChI=1S/C7H12ClNO/c1-4-6(5(2)10)7(8)9-3/h4-5,10H,1-3H3. The number of aliphatic hydroxyl groups is 1. The maximum Gasteiger partial charge on any atom is 0.128 e. The molecule has 0 rings (SSSR count). The summed E-state index contributed by atoms with van der Waals surface area (Å²) in [5, 5.41) is 9.45. The van der Waals surface area contributed by atoms with Gasteiger partial charge in [0.1, 0.15) is 5.17 Å². The number of halogens is 1. The third-order valence-electron chi connectivity index (χ3n) is 1.20. The smallest absolute Gasteiger partial charge is 0.128 e. The molecule has 0 fully saturated rings. The number of aliphatic imine (C=N–C) groups is 1. The summed E-state index contributed by atoms with van der Waals surface area (Å²) in [6, 6.07) is 0.